The second kappa shape index (κ2) is 9.40. The molecule has 1 N–H and O–H groups in total. The number of carbonyl (C=O) groups excluding carboxylic acids is 3. The number of nitrogens with one attached hydrogen (secondary N) is 1. The van der Waals surface area contributed by atoms with Gasteiger partial charge in [-0.3, -0.25) is 14.5 Å². The topological polar surface area (TPSA) is 116 Å². The Morgan fingerprint density at radius 2 is 1.76 bits per heavy atom. The van der Waals surface area contributed by atoms with Crippen LogP contribution in [0.4, 0.5) is 4.79 Å². The summed E-state index contributed by atoms with van der Waals surface area (Å²) in [6, 6.07) is 6.04. The molecule has 1 aromatic carbocycles. The third-order valence-corrected chi connectivity index (χ3v) is 8.82. The van der Waals surface area contributed by atoms with E-state index in [1.807, 2.05) is 0 Å². The number of hydrogen-bond donors (Lipinski definition) is 1. The molecule has 3 fully saturated rings. The van der Waals surface area contributed by atoms with Gasteiger partial charge in [0.2, 0.25) is 15.9 Å². The largest absolute Gasteiger partial charge is 0.379 e. The Bertz CT molecular complexity index is 1030. The number of nitrogens with zero attached hydrogens (tertiary/aromatic N) is 3. The minimum absolute atomic E-state index is 0.0320. The first-order chi connectivity index (χ1) is 15.8. The van der Waals surface area contributed by atoms with Crippen molar-refractivity contribution in [3.63, 3.8) is 0 Å². The van der Waals surface area contributed by atoms with Crippen molar-refractivity contribution in [2.75, 3.05) is 39.9 Å². The molecule has 3 aliphatic rings. The zero-order chi connectivity index (χ0) is 23.6. The van der Waals surface area contributed by atoms with Gasteiger partial charge in [-0.05, 0) is 24.5 Å². The van der Waals surface area contributed by atoms with E-state index in [0.29, 0.717) is 31.6 Å². The summed E-state index contributed by atoms with van der Waals surface area (Å²) in [6.45, 7) is 0.810. The van der Waals surface area contributed by atoms with Crippen molar-refractivity contribution in [1.29, 1.82) is 0 Å². The second-order valence-electron chi connectivity index (χ2n) is 8.73. The zero-order valence-electron chi connectivity index (χ0n) is 18.8. The van der Waals surface area contributed by atoms with Gasteiger partial charge in [-0.15, -0.1) is 0 Å². The maximum absolute atomic E-state index is 13.1. The molecule has 4 rings (SSSR count). The van der Waals surface area contributed by atoms with Crippen molar-refractivity contribution >= 4 is 27.9 Å². The van der Waals surface area contributed by atoms with Crippen LogP contribution in [0.3, 0.4) is 0 Å². The Balaban J connectivity index is 1.43. The lowest BCUT2D eigenvalue weighted by atomic mass is 9.81. The lowest BCUT2D eigenvalue weighted by molar-refractivity contribution is -0.137. The number of morpholine rings is 1. The Morgan fingerprint density at radius 1 is 1.09 bits per heavy atom. The van der Waals surface area contributed by atoms with Gasteiger partial charge in [-0.1, -0.05) is 37.5 Å². The summed E-state index contributed by atoms with van der Waals surface area (Å²) in [5.74, 6) is -0.836. The lowest BCUT2D eigenvalue weighted by Gasteiger charge is -2.35. The fourth-order valence-electron chi connectivity index (χ4n) is 4.89. The molecule has 11 heteroatoms. The first-order valence-corrected chi connectivity index (χ1v) is 12.7. The molecule has 180 valence electrons. The zero-order valence-corrected chi connectivity index (χ0v) is 19.6. The van der Waals surface area contributed by atoms with E-state index in [-0.39, 0.29) is 37.0 Å². The molecule has 2 aliphatic heterocycles. The van der Waals surface area contributed by atoms with E-state index in [9.17, 15) is 22.8 Å². The van der Waals surface area contributed by atoms with Crippen LogP contribution in [0, 0.1) is 0 Å². The SMILES string of the molecule is CN1C(=O)N(CC(=O)NCc2ccccc2S(=O)(=O)N2CCOCC2)C(=O)C12CCCCC2. The molecule has 0 aromatic heterocycles. The van der Waals surface area contributed by atoms with E-state index >= 15 is 0 Å². The van der Waals surface area contributed by atoms with E-state index in [1.165, 1.54) is 15.3 Å². The molecule has 10 nitrogen and oxygen atoms in total. The van der Waals surface area contributed by atoms with Crippen molar-refractivity contribution < 1.29 is 27.5 Å². The number of benzene rings is 1. The molecule has 0 radical (unpaired) electrons. The summed E-state index contributed by atoms with van der Waals surface area (Å²) in [7, 11) is -2.11. The van der Waals surface area contributed by atoms with Gasteiger partial charge >= 0.3 is 6.03 Å². The molecule has 2 saturated heterocycles. The normalized spacial score (nSPS) is 21.6. The van der Waals surface area contributed by atoms with Crippen molar-refractivity contribution in [1.82, 2.24) is 19.4 Å². The molecule has 1 saturated carbocycles. The molecule has 1 aromatic rings. The van der Waals surface area contributed by atoms with E-state index in [1.54, 1.807) is 25.2 Å². The van der Waals surface area contributed by atoms with Crippen LogP contribution in [0.5, 0.6) is 0 Å². The summed E-state index contributed by atoms with van der Waals surface area (Å²) >= 11 is 0. The molecule has 0 bridgehead atoms. The number of hydrogen-bond acceptors (Lipinski definition) is 6. The number of ether oxygens (including phenoxy) is 1. The molecule has 2 heterocycles. The van der Waals surface area contributed by atoms with Gasteiger partial charge in [0.15, 0.2) is 0 Å². The maximum Gasteiger partial charge on any atom is 0.327 e. The molecule has 1 spiro atoms. The van der Waals surface area contributed by atoms with Crippen LogP contribution in [0.25, 0.3) is 0 Å². The van der Waals surface area contributed by atoms with Crippen LogP contribution in [0.15, 0.2) is 29.2 Å². The number of urea groups is 1. The fraction of sp³-hybridized carbons (Fsp3) is 0.591. The van der Waals surface area contributed by atoms with Gasteiger partial charge in [0.1, 0.15) is 12.1 Å². The van der Waals surface area contributed by atoms with Gasteiger partial charge in [-0.25, -0.2) is 13.2 Å². The number of amides is 4. The lowest BCUT2D eigenvalue weighted by Crippen LogP contribution is -2.49. The monoisotopic (exact) mass is 478 g/mol. The van der Waals surface area contributed by atoms with E-state index in [2.05, 4.69) is 5.32 Å². The standard InChI is InChI=1S/C22H30N4O6S/c1-24-21(29)26(20(28)22(24)9-5-2-6-10-22)16-19(27)23-15-17-7-3-4-8-18(17)33(30,31)25-11-13-32-14-12-25/h3-4,7-8H,2,5-6,9-16H2,1H3,(H,23,27). The molecular weight excluding hydrogens is 448 g/mol. The third kappa shape index (κ3) is 4.36. The van der Waals surface area contributed by atoms with Crippen molar-refractivity contribution in [3.05, 3.63) is 29.8 Å². The number of rotatable bonds is 6. The van der Waals surface area contributed by atoms with Gasteiger partial charge < -0.3 is 15.0 Å². The predicted molar refractivity (Wildman–Crippen MR) is 119 cm³/mol. The first-order valence-electron chi connectivity index (χ1n) is 11.3. The number of sulfonamides is 1. The predicted octanol–water partition coefficient (Wildman–Crippen LogP) is 0.921. The van der Waals surface area contributed by atoms with E-state index in [0.717, 1.165) is 24.2 Å². The summed E-state index contributed by atoms with van der Waals surface area (Å²) in [5.41, 5.74) is -0.397. The highest BCUT2D eigenvalue weighted by atomic mass is 32.2. The van der Waals surface area contributed by atoms with Crippen LogP contribution in [0.1, 0.15) is 37.7 Å². The van der Waals surface area contributed by atoms with Crippen molar-refractivity contribution in [3.8, 4) is 0 Å². The molecule has 0 unspecified atom stereocenters. The highest BCUT2D eigenvalue weighted by Gasteiger charge is 2.55. The minimum atomic E-state index is -3.73. The summed E-state index contributed by atoms with van der Waals surface area (Å²) < 4.78 is 32.8. The number of likely N-dealkylation sites (N-methyl/N-ethyl adjacent to an activating group) is 1. The van der Waals surface area contributed by atoms with Crippen LogP contribution < -0.4 is 5.32 Å². The van der Waals surface area contributed by atoms with Crippen LogP contribution in [0.2, 0.25) is 0 Å². The molecule has 4 amide bonds. The quantitative estimate of drug-likeness (QED) is 0.608. The van der Waals surface area contributed by atoms with E-state index in [4.69, 9.17) is 4.74 Å². The van der Waals surface area contributed by atoms with Crippen molar-refractivity contribution in [2.45, 2.75) is 49.1 Å². The van der Waals surface area contributed by atoms with Gasteiger partial charge in [0.05, 0.1) is 18.1 Å². The Labute approximate surface area is 193 Å². The fourth-order valence-corrected chi connectivity index (χ4v) is 6.52. The second-order valence-corrected chi connectivity index (χ2v) is 10.6. The first kappa shape index (κ1) is 23.7. The minimum Gasteiger partial charge on any atom is -0.379 e. The molecular formula is C22H30N4O6S. The molecule has 1 aliphatic carbocycles. The van der Waals surface area contributed by atoms with Crippen molar-refractivity contribution in [2.24, 2.45) is 0 Å². The smallest absolute Gasteiger partial charge is 0.327 e. The van der Waals surface area contributed by atoms with Crippen LogP contribution in [-0.2, 0) is 30.9 Å². The Morgan fingerprint density at radius 3 is 2.45 bits per heavy atom. The Kier molecular flexibility index (Phi) is 6.73. The van der Waals surface area contributed by atoms with Gasteiger partial charge in [0, 0.05) is 26.7 Å². The van der Waals surface area contributed by atoms with Gasteiger partial charge in [0.25, 0.3) is 5.91 Å². The third-order valence-electron chi connectivity index (χ3n) is 6.82. The molecule has 0 atom stereocenters. The summed E-state index contributed by atoms with van der Waals surface area (Å²) in [4.78, 5) is 41.0. The average Bonchev–Trinajstić information content (AvgIpc) is 3.00. The Hall–Kier alpha value is -2.50. The summed E-state index contributed by atoms with van der Waals surface area (Å²) in [5, 5.41) is 2.68. The summed E-state index contributed by atoms with van der Waals surface area (Å²) in [6.07, 6.45) is 4.00. The van der Waals surface area contributed by atoms with E-state index < -0.39 is 27.5 Å². The number of imide groups is 1. The van der Waals surface area contributed by atoms with Gasteiger partial charge in [-0.2, -0.15) is 4.31 Å². The highest BCUT2D eigenvalue weighted by molar-refractivity contribution is 7.89. The maximum atomic E-state index is 13.1. The van der Waals surface area contributed by atoms with Crippen LogP contribution in [-0.4, -0.2) is 85.8 Å². The number of carbonyl (C=O) groups is 3. The highest BCUT2D eigenvalue weighted by Crippen LogP contribution is 2.39. The average molecular weight is 479 g/mol. The van der Waals surface area contributed by atoms with Crippen LogP contribution >= 0.6 is 0 Å². The molecule has 33 heavy (non-hydrogen) atoms.